The molecule has 0 saturated heterocycles. The third-order valence-electron chi connectivity index (χ3n) is 3.15. The van der Waals surface area contributed by atoms with Gasteiger partial charge in [0, 0.05) is 12.5 Å². The first-order valence-electron chi connectivity index (χ1n) is 6.11. The number of nitrogens with one attached hydrogen (secondary N) is 1. The van der Waals surface area contributed by atoms with Crippen molar-refractivity contribution in [2.45, 2.75) is 52.0 Å². The minimum Gasteiger partial charge on any atom is -0.353 e. The maximum atomic E-state index is 11.5. The van der Waals surface area contributed by atoms with Crippen LogP contribution in [0.3, 0.4) is 0 Å². The first kappa shape index (κ1) is 15.7. The Morgan fingerprint density at radius 2 is 1.81 bits per heavy atom. The number of amides is 1. The van der Waals surface area contributed by atoms with Crippen LogP contribution in [0.15, 0.2) is 0 Å². The van der Waals surface area contributed by atoms with Crippen molar-refractivity contribution in [3.05, 3.63) is 0 Å². The van der Waals surface area contributed by atoms with Crippen molar-refractivity contribution in [3.63, 3.8) is 0 Å². The number of carbonyl (C=O) groups excluding carboxylic acids is 1. The van der Waals surface area contributed by atoms with Gasteiger partial charge in [-0.05, 0) is 44.1 Å². The number of nitrogens with two attached hydrogens (primary N) is 1. The summed E-state index contributed by atoms with van der Waals surface area (Å²) in [4.78, 5) is 11.5. The molecular weight excluding hydrogens is 224 g/mol. The predicted molar refractivity (Wildman–Crippen MR) is 69.6 cm³/mol. The molecule has 0 radical (unpaired) electrons. The van der Waals surface area contributed by atoms with Crippen LogP contribution < -0.4 is 11.1 Å². The Morgan fingerprint density at radius 1 is 1.25 bits per heavy atom. The molecule has 0 heterocycles. The quantitative estimate of drug-likeness (QED) is 0.801. The first-order valence-corrected chi connectivity index (χ1v) is 6.11. The lowest BCUT2D eigenvalue weighted by Crippen LogP contribution is -2.40. The van der Waals surface area contributed by atoms with Gasteiger partial charge in [-0.1, -0.05) is 13.8 Å². The number of carbonyl (C=O) groups is 1. The summed E-state index contributed by atoms with van der Waals surface area (Å²) in [5.74, 6) is 1.66. The maximum Gasteiger partial charge on any atom is 0.220 e. The van der Waals surface area contributed by atoms with Crippen LogP contribution in [-0.2, 0) is 4.79 Å². The zero-order chi connectivity index (χ0) is 11.3. The largest absolute Gasteiger partial charge is 0.353 e. The molecule has 0 spiro atoms. The van der Waals surface area contributed by atoms with Gasteiger partial charge in [-0.15, -0.1) is 12.4 Å². The van der Waals surface area contributed by atoms with Gasteiger partial charge >= 0.3 is 0 Å². The fourth-order valence-electron chi connectivity index (χ4n) is 2.63. The van der Waals surface area contributed by atoms with Crippen molar-refractivity contribution in [1.82, 2.24) is 5.32 Å². The Balaban J connectivity index is 0.00000225. The van der Waals surface area contributed by atoms with Crippen LogP contribution in [0.4, 0.5) is 0 Å². The Morgan fingerprint density at radius 3 is 2.31 bits per heavy atom. The molecule has 0 aromatic rings. The van der Waals surface area contributed by atoms with Crippen molar-refractivity contribution in [2.75, 3.05) is 6.54 Å². The van der Waals surface area contributed by atoms with Crippen LogP contribution in [0.5, 0.6) is 0 Å². The molecule has 2 unspecified atom stereocenters. The highest BCUT2D eigenvalue weighted by molar-refractivity contribution is 5.85. The highest BCUT2D eigenvalue weighted by Gasteiger charge is 2.24. The van der Waals surface area contributed by atoms with E-state index in [0.717, 1.165) is 31.1 Å². The van der Waals surface area contributed by atoms with Crippen molar-refractivity contribution >= 4 is 18.3 Å². The molecule has 1 aliphatic carbocycles. The van der Waals surface area contributed by atoms with Crippen LogP contribution >= 0.6 is 12.4 Å². The average Bonchev–Trinajstić information content (AvgIpc) is 2.13. The summed E-state index contributed by atoms with van der Waals surface area (Å²) in [6, 6.07) is 0.397. The van der Waals surface area contributed by atoms with Crippen LogP contribution in [-0.4, -0.2) is 18.5 Å². The van der Waals surface area contributed by atoms with Gasteiger partial charge < -0.3 is 11.1 Å². The number of hydrogen-bond acceptors (Lipinski definition) is 2. The molecule has 2 atom stereocenters. The van der Waals surface area contributed by atoms with Gasteiger partial charge in [0.2, 0.25) is 5.91 Å². The van der Waals surface area contributed by atoms with Gasteiger partial charge in [0.15, 0.2) is 0 Å². The average molecular weight is 249 g/mol. The van der Waals surface area contributed by atoms with Gasteiger partial charge in [0.05, 0.1) is 0 Å². The van der Waals surface area contributed by atoms with Crippen molar-refractivity contribution < 1.29 is 4.79 Å². The summed E-state index contributed by atoms with van der Waals surface area (Å²) in [6.07, 6.45) is 4.95. The lowest BCUT2D eigenvalue weighted by atomic mass is 9.80. The summed E-state index contributed by atoms with van der Waals surface area (Å²) in [5.41, 5.74) is 5.37. The number of rotatable bonds is 4. The van der Waals surface area contributed by atoms with E-state index in [9.17, 15) is 4.79 Å². The van der Waals surface area contributed by atoms with Crippen LogP contribution in [0, 0.1) is 11.8 Å². The van der Waals surface area contributed by atoms with Crippen molar-refractivity contribution in [1.29, 1.82) is 0 Å². The van der Waals surface area contributed by atoms with Gasteiger partial charge in [0.25, 0.3) is 0 Å². The molecule has 1 saturated carbocycles. The second-order valence-corrected chi connectivity index (χ2v) is 5.07. The third-order valence-corrected chi connectivity index (χ3v) is 3.15. The first-order chi connectivity index (χ1) is 7.11. The van der Waals surface area contributed by atoms with Crippen LogP contribution in [0.25, 0.3) is 0 Å². The molecule has 0 aromatic carbocycles. The molecule has 96 valence electrons. The van der Waals surface area contributed by atoms with E-state index in [4.69, 9.17) is 5.73 Å². The molecule has 4 heteroatoms. The van der Waals surface area contributed by atoms with E-state index in [1.54, 1.807) is 0 Å². The molecule has 0 aliphatic heterocycles. The predicted octanol–water partition coefficient (Wildman–Crippen LogP) is 2.09. The molecule has 1 aliphatic rings. The maximum absolute atomic E-state index is 11.5. The molecule has 16 heavy (non-hydrogen) atoms. The lowest BCUT2D eigenvalue weighted by molar-refractivity contribution is -0.122. The second-order valence-electron chi connectivity index (χ2n) is 5.07. The van der Waals surface area contributed by atoms with E-state index in [1.165, 1.54) is 6.42 Å². The molecule has 3 nitrogen and oxygen atoms in total. The third kappa shape index (κ3) is 5.71. The fraction of sp³-hybridized carbons (Fsp3) is 0.917. The van der Waals surface area contributed by atoms with Gasteiger partial charge in [0.1, 0.15) is 0 Å². The lowest BCUT2D eigenvalue weighted by Gasteiger charge is -2.31. The Labute approximate surface area is 105 Å². The van der Waals surface area contributed by atoms with Gasteiger partial charge in [-0.2, -0.15) is 0 Å². The van der Waals surface area contributed by atoms with E-state index in [-0.39, 0.29) is 18.3 Å². The Bertz CT molecular complexity index is 201. The standard InChI is InChI=1S/C12H24N2O.ClH/c1-9-6-10(2)8-11(7-9)14-12(15)4-3-5-13;/h9-11H,3-8,13H2,1-2H3,(H,14,15);1H. The molecule has 1 amide bonds. The van der Waals surface area contributed by atoms with Crippen LogP contribution in [0.2, 0.25) is 0 Å². The Kier molecular flexibility index (Phi) is 7.77. The molecule has 0 bridgehead atoms. The number of halogens is 1. The Hall–Kier alpha value is -0.280. The smallest absolute Gasteiger partial charge is 0.220 e. The topological polar surface area (TPSA) is 55.1 Å². The van der Waals surface area contributed by atoms with E-state index in [2.05, 4.69) is 19.2 Å². The second kappa shape index (κ2) is 7.91. The zero-order valence-electron chi connectivity index (χ0n) is 10.4. The minimum absolute atomic E-state index is 0. The summed E-state index contributed by atoms with van der Waals surface area (Å²) >= 11 is 0. The highest BCUT2D eigenvalue weighted by atomic mass is 35.5. The molecular formula is C12H25ClN2O. The van der Waals surface area contributed by atoms with Crippen molar-refractivity contribution in [2.24, 2.45) is 17.6 Å². The monoisotopic (exact) mass is 248 g/mol. The molecule has 1 rings (SSSR count). The summed E-state index contributed by atoms with van der Waals surface area (Å²) < 4.78 is 0. The van der Waals surface area contributed by atoms with E-state index < -0.39 is 0 Å². The van der Waals surface area contributed by atoms with Crippen LogP contribution in [0.1, 0.15) is 46.0 Å². The van der Waals surface area contributed by atoms with E-state index in [0.29, 0.717) is 19.0 Å². The van der Waals surface area contributed by atoms with E-state index >= 15 is 0 Å². The van der Waals surface area contributed by atoms with E-state index in [1.807, 2.05) is 0 Å². The zero-order valence-corrected chi connectivity index (χ0v) is 11.2. The SMILES string of the molecule is CC1CC(C)CC(NC(=O)CCCN)C1.Cl. The summed E-state index contributed by atoms with van der Waals surface area (Å²) in [7, 11) is 0. The minimum atomic E-state index is 0. The summed E-state index contributed by atoms with van der Waals surface area (Å²) in [6.45, 7) is 5.15. The normalized spacial score (nSPS) is 29.3. The molecule has 1 fully saturated rings. The molecule has 0 aromatic heterocycles. The fourth-order valence-corrected chi connectivity index (χ4v) is 2.63. The highest BCUT2D eigenvalue weighted by Crippen LogP contribution is 2.28. The summed E-state index contributed by atoms with van der Waals surface area (Å²) in [5, 5.41) is 3.12. The molecule has 3 N–H and O–H groups in total. The van der Waals surface area contributed by atoms with Gasteiger partial charge in [-0.3, -0.25) is 4.79 Å². The van der Waals surface area contributed by atoms with Crippen molar-refractivity contribution in [3.8, 4) is 0 Å². The number of hydrogen-bond donors (Lipinski definition) is 2. The van der Waals surface area contributed by atoms with Gasteiger partial charge in [-0.25, -0.2) is 0 Å².